The van der Waals surface area contributed by atoms with Crippen molar-refractivity contribution >= 4 is 11.6 Å². The van der Waals surface area contributed by atoms with Gasteiger partial charge in [-0.25, -0.2) is 0 Å². The predicted octanol–water partition coefficient (Wildman–Crippen LogP) is 1.44. The Bertz CT molecular complexity index is 574. The molecule has 5 nitrogen and oxygen atoms in total. The Labute approximate surface area is 106 Å². The Morgan fingerprint density at radius 1 is 1.44 bits per heavy atom. The maximum Gasteiger partial charge on any atom is 0.273 e. The maximum absolute atomic E-state index is 12.1. The Hall–Kier alpha value is -2.14. The van der Waals surface area contributed by atoms with Gasteiger partial charge in [0.1, 0.15) is 5.69 Å². The van der Waals surface area contributed by atoms with E-state index in [2.05, 4.69) is 10.4 Å². The second-order valence-electron chi connectivity index (χ2n) is 4.11. The molecule has 0 aliphatic rings. The first-order chi connectivity index (χ1) is 8.61. The summed E-state index contributed by atoms with van der Waals surface area (Å²) in [6, 6.07) is 9.24. The zero-order valence-electron chi connectivity index (χ0n) is 10.5. The van der Waals surface area contributed by atoms with Gasteiger partial charge in [0.15, 0.2) is 0 Å². The number of para-hydroxylation sites is 1. The first kappa shape index (κ1) is 12.3. The molecule has 3 N–H and O–H groups in total. The molecule has 1 heterocycles. The second-order valence-corrected chi connectivity index (χ2v) is 4.11. The molecule has 0 bridgehead atoms. The first-order valence-electron chi connectivity index (χ1n) is 5.72. The van der Waals surface area contributed by atoms with Crippen LogP contribution in [0.2, 0.25) is 0 Å². The molecule has 0 spiro atoms. The number of carbonyl (C=O) groups excluding carboxylic acids is 1. The highest BCUT2D eigenvalue weighted by Crippen LogP contribution is 2.15. The molecule has 0 aliphatic heterocycles. The molecule has 2 aromatic rings. The van der Waals surface area contributed by atoms with Crippen LogP contribution in [0, 0.1) is 6.92 Å². The summed E-state index contributed by atoms with van der Waals surface area (Å²) < 4.78 is 1.57. The van der Waals surface area contributed by atoms with E-state index in [1.54, 1.807) is 17.8 Å². The summed E-state index contributed by atoms with van der Waals surface area (Å²) in [7, 11) is 1.75. The van der Waals surface area contributed by atoms with Gasteiger partial charge in [-0.3, -0.25) is 9.48 Å². The second kappa shape index (κ2) is 5.01. The highest BCUT2D eigenvalue weighted by Gasteiger charge is 2.12. The topological polar surface area (TPSA) is 72.9 Å². The fourth-order valence-electron chi connectivity index (χ4n) is 1.83. The van der Waals surface area contributed by atoms with Crippen LogP contribution in [0.1, 0.15) is 21.7 Å². The van der Waals surface area contributed by atoms with Crippen LogP contribution in [0.3, 0.4) is 0 Å². The van der Waals surface area contributed by atoms with Gasteiger partial charge in [0.2, 0.25) is 0 Å². The largest absolute Gasteiger partial charge is 0.326 e. The third-order valence-electron chi connectivity index (χ3n) is 2.72. The number of hydrogen-bond acceptors (Lipinski definition) is 3. The Morgan fingerprint density at radius 2 is 2.17 bits per heavy atom. The fraction of sp³-hybridized carbons (Fsp3) is 0.231. The Balaban J connectivity index is 2.24. The van der Waals surface area contributed by atoms with Crippen LogP contribution in [0.5, 0.6) is 0 Å². The summed E-state index contributed by atoms with van der Waals surface area (Å²) in [4.78, 5) is 12.1. The van der Waals surface area contributed by atoms with Crippen molar-refractivity contribution in [2.24, 2.45) is 12.8 Å². The average Bonchev–Trinajstić information content (AvgIpc) is 2.69. The van der Waals surface area contributed by atoms with Crippen molar-refractivity contribution in [1.82, 2.24) is 9.78 Å². The number of aryl methyl sites for hydroxylation is 2. The summed E-state index contributed by atoms with van der Waals surface area (Å²) in [6.07, 6.45) is 0. The van der Waals surface area contributed by atoms with Gasteiger partial charge in [0.25, 0.3) is 5.91 Å². The molecule has 1 amide bonds. The number of aromatic nitrogens is 2. The average molecular weight is 244 g/mol. The molecule has 94 valence electrons. The molecule has 18 heavy (non-hydrogen) atoms. The third-order valence-corrected chi connectivity index (χ3v) is 2.72. The molecule has 0 fully saturated rings. The van der Waals surface area contributed by atoms with Gasteiger partial charge in [-0.1, -0.05) is 18.2 Å². The number of benzene rings is 1. The van der Waals surface area contributed by atoms with Crippen molar-refractivity contribution in [3.63, 3.8) is 0 Å². The standard InChI is InChI=1S/C13H16N4O/c1-9-7-12(17(2)16-9)13(18)15-11-6-4-3-5-10(11)8-14/h3-7H,8,14H2,1-2H3,(H,15,18). The lowest BCUT2D eigenvalue weighted by atomic mass is 10.1. The lowest BCUT2D eigenvalue weighted by molar-refractivity contribution is 0.101. The van der Waals surface area contributed by atoms with E-state index in [1.807, 2.05) is 31.2 Å². The Morgan fingerprint density at radius 3 is 2.78 bits per heavy atom. The van der Waals surface area contributed by atoms with Gasteiger partial charge in [0, 0.05) is 19.3 Å². The summed E-state index contributed by atoms with van der Waals surface area (Å²) in [5, 5.41) is 7.00. The highest BCUT2D eigenvalue weighted by molar-refractivity contribution is 6.03. The molecule has 0 saturated heterocycles. The number of rotatable bonds is 3. The van der Waals surface area contributed by atoms with Crippen molar-refractivity contribution in [1.29, 1.82) is 0 Å². The van der Waals surface area contributed by atoms with Crippen LogP contribution in [-0.2, 0) is 13.6 Å². The van der Waals surface area contributed by atoms with Crippen LogP contribution < -0.4 is 11.1 Å². The fourth-order valence-corrected chi connectivity index (χ4v) is 1.83. The van der Waals surface area contributed by atoms with Crippen LogP contribution in [0.25, 0.3) is 0 Å². The molecular weight excluding hydrogens is 228 g/mol. The van der Waals surface area contributed by atoms with Gasteiger partial charge in [-0.15, -0.1) is 0 Å². The number of nitrogens with two attached hydrogens (primary N) is 1. The normalized spacial score (nSPS) is 10.4. The molecule has 0 atom stereocenters. The maximum atomic E-state index is 12.1. The molecule has 0 radical (unpaired) electrons. The van der Waals surface area contributed by atoms with E-state index in [9.17, 15) is 4.79 Å². The zero-order valence-corrected chi connectivity index (χ0v) is 10.5. The SMILES string of the molecule is Cc1cc(C(=O)Nc2ccccc2CN)n(C)n1. The van der Waals surface area contributed by atoms with Crippen LogP contribution in [0.4, 0.5) is 5.69 Å². The smallest absolute Gasteiger partial charge is 0.273 e. The van der Waals surface area contributed by atoms with E-state index < -0.39 is 0 Å². The zero-order chi connectivity index (χ0) is 13.1. The summed E-state index contributed by atoms with van der Waals surface area (Å²) >= 11 is 0. The number of anilines is 1. The summed E-state index contributed by atoms with van der Waals surface area (Å²) in [5.74, 6) is -0.181. The van der Waals surface area contributed by atoms with Crippen molar-refractivity contribution < 1.29 is 4.79 Å². The van der Waals surface area contributed by atoms with Gasteiger partial charge in [-0.2, -0.15) is 5.10 Å². The Kier molecular flexibility index (Phi) is 3.43. The van der Waals surface area contributed by atoms with Crippen LogP contribution >= 0.6 is 0 Å². The van der Waals surface area contributed by atoms with E-state index >= 15 is 0 Å². The lowest BCUT2D eigenvalue weighted by Gasteiger charge is -2.09. The van der Waals surface area contributed by atoms with Crippen molar-refractivity contribution in [3.8, 4) is 0 Å². The summed E-state index contributed by atoms with van der Waals surface area (Å²) in [5.41, 5.74) is 8.62. The van der Waals surface area contributed by atoms with Crippen molar-refractivity contribution in [2.45, 2.75) is 13.5 Å². The quantitative estimate of drug-likeness (QED) is 0.858. The van der Waals surface area contributed by atoms with Gasteiger partial charge in [0.05, 0.1) is 5.69 Å². The van der Waals surface area contributed by atoms with E-state index in [1.165, 1.54) is 0 Å². The summed E-state index contributed by atoms with van der Waals surface area (Å²) in [6.45, 7) is 2.24. The number of amides is 1. The highest BCUT2D eigenvalue weighted by atomic mass is 16.2. The predicted molar refractivity (Wildman–Crippen MR) is 70.2 cm³/mol. The van der Waals surface area contributed by atoms with E-state index in [-0.39, 0.29) is 5.91 Å². The molecule has 0 aliphatic carbocycles. The van der Waals surface area contributed by atoms with Crippen LogP contribution in [0.15, 0.2) is 30.3 Å². The molecule has 0 unspecified atom stereocenters. The minimum Gasteiger partial charge on any atom is -0.326 e. The van der Waals surface area contributed by atoms with E-state index in [4.69, 9.17) is 5.73 Å². The lowest BCUT2D eigenvalue weighted by Crippen LogP contribution is -2.17. The minimum atomic E-state index is -0.181. The third kappa shape index (κ3) is 2.41. The molecule has 2 rings (SSSR count). The molecule has 1 aromatic carbocycles. The first-order valence-corrected chi connectivity index (χ1v) is 5.72. The van der Waals surface area contributed by atoms with Gasteiger partial charge in [-0.05, 0) is 24.6 Å². The number of nitrogens with zero attached hydrogens (tertiary/aromatic N) is 2. The molecule has 1 aromatic heterocycles. The minimum absolute atomic E-state index is 0.181. The number of carbonyl (C=O) groups is 1. The molecule has 5 heteroatoms. The van der Waals surface area contributed by atoms with Crippen LogP contribution in [-0.4, -0.2) is 15.7 Å². The molecular formula is C13H16N4O. The number of hydrogen-bond donors (Lipinski definition) is 2. The monoisotopic (exact) mass is 244 g/mol. The van der Waals surface area contributed by atoms with Crippen molar-refractivity contribution in [2.75, 3.05) is 5.32 Å². The van der Waals surface area contributed by atoms with Crippen molar-refractivity contribution in [3.05, 3.63) is 47.3 Å². The van der Waals surface area contributed by atoms with Gasteiger partial charge >= 0.3 is 0 Å². The van der Waals surface area contributed by atoms with E-state index in [0.717, 1.165) is 16.9 Å². The van der Waals surface area contributed by atoms with E-state index in [0.29, 0.717) is 12.2 Å². The van der Waals surface area contributed by atoms with Gasteiger partial charge < -0.3 is 11.1 Å². The molecule has 0 saturated carbocycles. The number of nitrogens with one attached hydrogen (secondary N) is 1.